The van der Waals surface area contributed by atoms with Crippen LogP contribution in [0, 0.1) is 5.82 Å². The van der Waals surface area contributed by atoms with E-state index in [1.807, 2.05) is 0 Å². The molecule has 0 aliphatic carbocycles. The highest BCUT2D eigenvalue weighted by Gasteiger charge is 2.34. The summed E-state index contributed by atoms with van der Waals surface area (Å²) >= 11 is 0. The second-order valence-electron chi connectivity index (χ2n) is 4.04. The van der Waals surface area contributed by atoms with Crippen molar-refractivity contribution in [2.45, 2.75) is 13.1 Å². The minimum atomic E-state index is -4.78. The Kier molecular flexibility index (Phi) is 3.52. The van der Waals surface area contributed by atoms with Crippen LogP contribution in [-0.2, 0) is 6.18 Å². The number of rotatable bonds is 2. The van der Waals surface area contributed by atoms with Gasteiger partial charge in [0, 0.05) is 24.9 Å². The van der Waals surface area contributed by atoms with Gasteiger partial charge in [0.1, 0.15) is 5.82 Å². The maximum Gasteiger partial charge on any atom is 0.419 e. The van der Waals surface area contributed by atoms with Gasteiger partial charge in [-0.25, -0.2) is 14.4 Å². The van der Waals surface area contributed by atoms with Gasteiger partial charge in [-0.3, -0.25) is 4.79 Å². The molecule has 2 aromatic rings. The third-order valence-electron chi connectivity index (χ3n) is 2.57. The number of nitrogens with zero attached hydrogens (tertiary/aromatic N) is 2. The first-order valence-electron chi connectivity index (χ1n) is 5.49. The van der Waals surface area contributed by atoms with E-state index in [-0.39, 0.29) is 22.7 Å². The number of hydrogen-bond donors (Lipinski definition) is 0. The summed E-state index contributed by atoms with van der Waals surface area (Å²) in [5.74, 6) is -1.74. The molecule has 0 saturated heterocycles. The molecule has 1 heterocycles. The molecule has 2 rings (SSSR count). The fraction of sp³-hybridized carbons (Fsp3) is 0.154. The number of Topliss-reactive ketones (excluding diaryl/α,β-unsaturated/α-hetero) is 1. The van der Waals surface area contributed by atoms with E-state index in [0.717, 1.165) is 6.07 Å². The van der Waals surface area contributed by atoms with E-state index in [0.29, 0.717) is 6.07 Å². The van der Waals surface area contributed by atoms with Gasteiger partial charge in [-0.15, -0.1) is 0 Å². The van der Waals surface area contributed by atoms with Crippen LogP contribution in [0.5, 0.6) is 0 Å². The van der Waals surface area contributed by atoms with Gasteiger partial charge in [0.05, 0.1) is 5.56 Å². The molecule has 1 aromatic heterocycles. The van der Waals surface area contributed by atoms with E-state index in [1.54, 1.807) is 0 Å². The van der Waals surface area contributed by atoms with E-state index in [4.69, 9.17) is 0 Å². The van der Waals surface area contributed by atoms with Crippen LogP contribution in [0.2, 0.25) is 0 Å². The standard InChI is InChI=1S/C13H8F4N2O/c1-7(20)12-18-5-9(6-19-12)8-2-3-11(14)10(4-8)13(15,16)17/h2-6H,1H3. The van der Waals surface area contributed by atoms with Crippen molar-refractivity contribution in [3.63, 3.8) is 0 Å². The van der Waals surface area contributed by atoms with E-state index in [9.17, 15) is 22.4 Å². The van der Waals surface area contributed by atoms with Crippen LogP contribution in [0.3, 0.4) is 0 Å². The molecule has 20 heavy (non-hydrogen) atoms. The number of ketones is 1. The molecule has 0 spiro atoms. The lowest BCUT2D eigenvalue weighted by Crippen LogP contribution is -2.08. The minimum absolute atomic E-state index is 0.0353. The minimum Gasteiger partial charge on any atom is -0.291 e. The Morgan fingerprint density at radius 1 is 1.10 bits per heavy atom. The Morgan fingerprint density at radius 3 is 2.20 bits per heavy atom. The van der Waals surface area contributed by atoms with Crippen LogP contribution in [0.25, 0.3) is 11.1 Å². The molecular weight excluding hydrogens is 276 g/mol. The van der Waals surface area contributed by atoms with Gasteiger partial charge < -0.3 is 0 Å². The first-order valence-corrected chi connectivity index (χ1v) is 5.49. The third kappa shape index (κ3) is 2.81. The van der Waals surface area contributed by atoms with Crippen molar-refractivity contribution in [3.05, 3.63) is 47.8 Å². The van der Waals surface area contributed by atoms with Gasteiger partial charge in [0.2, 0.25) is 0 Å². The Balaban J connectivity index is 2.45. The molecule has 3 nitrogen and oxygen atoms in total. The lowest BCUT2D eigenvalue weighted by Gasteiger charge is -2.10. The highest BCUT2D eigenvalue weighted by molar-refractivity contribution is 5.90. The van der Waals surface area contributed by atoms with Crippen LogP contribution in [0.15, 0.2) is 30.6 Å². The van der Waals surface area contributed by atoms with Gasteiger partial charge in [-0.05, 0) is 17.7 Å². The molecule has 1 aromatic carbocycles. The van der Waals surface area contributed by atoms with E-state index < -0.39 is 17.6 Å². The zero-order valence-corrected chi connectivity index (χ0v) is 10.2. The summed E-state index contributed by atoms with van der Waals surface area (Å²) in [6, 6.07) is 2.61. The Bertz CT molecular complexity index is 650. The number of carbonyl (C=O) groups excluding carboxylic acids is 1. The Hall–Kier alpha value is -2.31. The topological polar surface area (TPSA) is 42.9 Å². The maximum atomic E-state index is 13.2. The molecule has 0 radical (unpaired) electrons. The zero-order chi connectivity index (χ0) is 14.9. The lowest BCUT2D eigenvalue weighted by atomic mass is 10.1. The molecule has 0 aliphatic heterocycles. The Morgan fingerprint density at radius 2 is 1.70 bits per heavy atom. The molecule has 0 amide bonds. The van der Waals surface area contributed by atoms with Gasteiger partial charge in [-0.1, -0.05) is 6.07 Å². The van der Waals surface area contributed by atoms with Gasteiger partial charge in [0.25, 0.3) is 0 Å². The molecule has 0 aliphatic rings. The molecule has 0 saturated carbocycles. The summed E-state index contributed by atoms with van der Waals surface area (Å²) in [4.78, 5) is 18.5. The van der Waals surface area contributed by atoms with Crippen LogP contribution in [0.1, 0.15) is 23.1 Å². The monoisotopic (exact) mass is 284 g/mol. The molecule has 0 bridgehead atoms. The van der Waals surface area contributed by atoms with Gasteiger partial charge in [0.15, 0.2) is 11.6 Å². The fourth-order valence-electron chi connectivity index (χ4n) is 1.58. The van der Waals surface area contributed by atoms with Crippen LogP contribution in [0.4, 0.5) is 17.6 Å². The van der Waals surface area contributed by atoms with Crippen molar-refractivity contribution in [2.75, 3.05) is 0 Å². The second-order valence-corrected chi connectivity index (χ2v) is 4.04. The number of hydrogen-bond acceptors (Lipinski definition) is 3. The molecule has 0 N–H and O–H groups in total. The lowest BCUT2D eigenvalue weighted by molar-refractivity contribution is -0.139. The summed E-state index contributed by atoms with van der Waals surface area (Å²) in [6.45, 7) is 1.27. The molecule has 0 fully saturated rings. The summed E-state index contributed by atoms with van der Waals surface area (Å²) in [5, 5.41) is 0. The first kappa shape index (κ1) is 14.1. The fourth-order valence-corrected chi connectivity index (χ4v) is 1.58. The Labute approximate surface area is 111 Å². The van der Waals surface area contributed by atoms with Crippen molar-refractivity contribution in [2.24, 2.45) is 0 Å². The summed E-state index contributed by atoms with van der Waals surface area (Å²) in [5.41, 5.74) is -0.972. The number of alkyl halides is 3. The number of halogens is 4. The van der Waals surface area contributed by atoms with Crippen molar-refractivity contribution >= 4 is 5.78 Å². The third-order valence-corrected chi connectivity index (χ3v) is 2.57. The molecule has 0 unspecified atom stereocenters. The van der Waals surface area contributed by atoms with Crippen molar-refractivity contribution in [1.29, 1.82) is 0 Å². The first-order chi connectivity index (χ1) is 9.29. The molecule has 104 valence electrons. The maximum absolute atomic E-state index is 13.2. The zero-order valence-electron chi connectivity index (χ0n) is 10.2. The van der Waals surface area contributed by atoms with Crippen LogP contribution < -0.4 is 0 Å². The van der Waals surface area contributed by atoms with Crippen molar-refractivity contribution in [3.8, 4) is 11.1 Å². The molecular formula is C13H8F4N2O. The normalized spacial score (nSPS) is 11.4. The molecule has 0 atom stereocenters. The predicted octanol–water partition coefficient (Wildman–Crippen LogP) is 3.50. The largest absolute Gasteiger partial charge is 0.419 e. The SMILES string of the molecule is CC(=O)c1ncc(-c2ccc(F)c(C(F)(F)F)c2)cn1. The number of carbonyl (C=O) groups is 1. The number of benzene rings is 1. The average molecular weight is 284 g/mol. The van der Waals surface area contributed by atoms with Gasteiger partial charge >= 0.3 is 6.18 Å². The predicted molar refractivity (Wildman–Crippen MR) is 62.4 cm³/mol. The highest BCUT2D eigenvalue weighted by Crippen LogP contribution is 2.33. The van der Waals surface area contributed by atoms with Gasteiger partial charge in [-0.2, -0.15) is 13.2 Å². The van der Waals surface area contributed by atoms with Crippen LogP contribution in [-0.4, -0.2) is 15.8 Å². The summed E-state index contributed by atoms with van der Waals surface area (Å²) < 4.78 is 51.0. The molecule has 7 heteroatoms. The quantitative estimate of drug-likeness (QED) is 0.626. The van der Waals surface area contributed by atoms with Crippen molar-refractivity contribution in [1.82, 2.24) is 9.97 Å². The van der Waals surface area contributed by atoms with E-state index in [2.05, 4.69) is 9.97 Å². The summed E-state index contributed by atoms with van der Waals surface area (Å²) in [7, 11) is 0. The second kappa shape index (κ2) is 4.99. The van der Waals surface area contributed by atoms with E-state index in [1.165, 1.54) is 25.4 Å². The van der Waals surface area contributed by atoms with Crippen LogP contribution >= 0.6 is 0 Å². The summed E-state index contributed by atoms with van der Waals surface area (Å²) in [6.07, 6.45) is -2.34. The highest BCUT2D eigenvalue weighted by atomic mass is 19.4. The van der Waals surface area contributed by atoms with Crippen molar-refractivity contribution < 1.29 is 22.4 Å². The van der Waals surface area contributed by atoms with E-state index >= 15 is 0 Å². The smallest absolute Gasteiger partial charge is 0.291 e. The number of aromatic nitrogens is 2. The average Bonchev–Trinajstić information content (AvgIpc) is 2.38.